The molecule has 0 aromatic heterocycles. The number of ether oxygens (including phenoxy) is 5. The molecule has 0 aliphatic carbocycles. The summed E-state index contributed by atoms with van der Waals surface area (Å²) in [4.78, 5) is 2.33. The summed E-state index contributed by atoms with van der Waals surface area (Å²) >= 11 is 0. The van der Waals surface area contributed by atoms with E-state index in [-0.39, 0.29) is 18.6 Å². The number of phenolic OH excluding ortho intramolecular Hbond substituents is 1. The van der Waals surface area contributed by atoms with E-state index < -0.39 is 0 Å². The first kappa shape index (κ1) is 19.7. The van der Waals surface area contributed by atoms with Gasteiger partial charge in [-0.05, 0) is 48.2 Å². The quantitative estimate of drug-likeness (QED) is 0.728. The highest BCUT2D eigenvalue weighted by Crippen LogP contribution is 2.38. The number of hydrogen-bond donors (Lipinski definition) is 1. The minimum Gasteiger partial charge on any atom is -0.502 e. The maximum atomic E-state index is 10.2. The van der Waals surface area contributed by atoms with Crippen LogP contribution in [0.25, 0.3) is 0 Å². The molecule has 7 heteroatoms. The van der Waals surface area contributed by atoms with E-state index in [9.17, 15) is 5.11 Å². The van der Waals surface area contributed by atoms with Gasteiger partial charge in [-0.15, -0.1) is 0 Å². The highest BCUT2D eigenvalue weighted by Gasteiger charge is 2.22. The summed E-state index contributed by atoms with van der Waals surface area (Å²) in [6, 6.07) is 9.74. The van der Waals surface area contributed by atoms with Crippen LogP contribution in [0.1, 0.15) is 24.0 Å². The van der Waals surface area contributed by atoms with Crippen molar-refractivity contribution in [3.05, 3.63) is 41.5 Å². The van der Waals surface area contributed by atoms with Gasteiger partial charge in [0.15, 0.2) is 23.0 Å². The van der Waals surface area contributed by atoms with Gasteiger partial charge in [-0.1, -0.05) is 6.07 Å². The maximum Gasteiger partial charge on any atom is 0.231 e. The van der Waals surface area contributed by atoms with E-state index in [0.29, 0.717) is 18.0 Å². The molecule has 2 aliphatic heterocycles. The third-order valence-corrected chi connectivity index (χ3v) is 5.27. The fraction of sp³-hybridized carbons (Fsp3) is 0.455. The van der Waals surface area contributed by atoms with Crippen molar-refractivity contribution in [1.29, 1.82) is 0 Å². The van der Waals surface area contributed by atoms with Crippen molar-refractivity contribution in [1.82, 2.24) is 4.90 Å². The Labute approximate surface area is 170 Å². The lowest BCUT2D eigenvalue weighted by atomic mass is 10.1. The summed E-state index contributed by atoms with van der Waals surface area (Å²) in [5.74, 6) is 2.39. The Morgan fingerprint density at radius 1 is 1.00 bits per heavy atom. The lowest BCUT2D eigenvalue weighted by Gasteiger charge is -2.26. The fourth-order valence-electron chi connectivity index (χ4n) is 3.86. The topological polar surface area (TPSA) is 69.6 Å². The molecule has 2 heterocycles. The van der Waals surface area contributed by atoms with Crippen molar-refractivity contribution in [2.75, 3.05) is 34.2 Å². The second kappa shape index (κ2) is 8.80. The van der Waals surface area contributed by atoms with Crippen molar-refractivity contribution in [2.45, 2.75) is 32.0 Å². The minimum atomic E-state index is 0.0141. The maximum absolute atomic E-state index is 10.2. The third kappa shape index (κ3) is 4.52. The van der Waals surface area contributed by atoms with Gasteiger partial charge >= 0.3 is 0 Å². The molecule has 156 valence electrons. The minimum absolute atomic E-state index is 0.0141. The van der Waals surface area contributed by atoms with Gasteiger partial charge < -0.3 is 28.8 Å². The number of hydrogen-bond acceptors (Lipinski definition) is 7. The summed E-state index contributed by atoms with van der Waals surface area (Å²) in [6.45, 7) is 3.32. The number of rotatable bonds is 8. The van der Waals surface area contributed by atoms with Crippen LogP contribution in [0.3, 0.4) is 0 Å². The van der Waals surface area contributed by atoms with Crippen LogP contribution in [-0.2, 0) is 17.8 Å². The van der Waals surface area contributed by atoms with E-state index in [1.165, 1.54) is 14.2 Å². The van der Waals surface area contributed by atoms with Crippen LogP contribution >= 0.6 is 0 Å². The van der Waals surface area contributed by atoms with Gasteiger partial charge in [0, 0.05) is 26.2 Å². The Balaban J connectivity index is 1.55. The van der Waals surface area contributed by atoms with Gasteiger partial charge in [0.2, 0.25) is 12.5 Å². The van der Waals surface area contributed by atoms with E-state index >= 15 is 0 Å². The van der Waals surface area contributed by atoms with E-state index in [0.717, 1.165) is 55.2 Å². The van der Waals surface area contributed by atoms with Gasteiger partial charge in [-0.2, -0.15) is 0 Å². The third-order valence-electron chi connectivity index (χ3n) is 5.27. The van der Waals surface area contributed by atoms with Gasteiger partial charge in [-0.3, -0.25) is 4.90 Å². The van der Waals surface area contributed by atoms with E-state index in [2.05, 4.69) is 11.0 Å². The molecule has 2 aliphatic rings. The molecule has 0 spiro atoms. The first-order valence-corrected chi connectivity index (χ1v) is 9.82. The highest BCUT2D eigenvalue weighted by molar-refractivity contribution is 5.52. The molecule has 7 nitrogen and oxygen atoms in total. The molecule has 0 radical (unpaired) electrons. The van der Waals surface area contributed by atoms with Crippen LogP contribution in [0.4, 0.5) is 0 Å². The largest absolute Gasteiger partial charge is 0.502 e. The van der Waals surface area contributed by atoms with Gasteiger partial charge in [0.05, 0.1) is 20.3 Å². The first-order chi connectivity index (χ1) is 14.2. The zero-order valence-corrected chi connectivity index (χ0v) is 16.8. The van der Waals surface area contributed by atoms with Crippen LogP contribution < -0.4 is 18.9 Å². The second-order valence-corrected chi connectivity index (χ2v) is 7.34. The van der Waals surface area contributed by atoms with Gasteiger partial charge in [0.1, 0.15) is 0 Å². The molecule has 2 aromatic carbocycles. The molecule has 2 aromatic rings. The molecular weight excluding hydrogens is 374 g/mol. The number of methoxy groups -OCH3 is 2. The monoisotopic (exact) mass is 401 g/mol. The molecule has 29 heavy (non-hydrogen) atoms. The Morgan fingerprint density at radius 3 is 2.41 bits per heavy atom. The smallest absolute Gasteiger partial charge is 0.231 e. The predicted molar refractivity (Wildman–Crippen MR) is 107 cm³/mol. The lowest BCUT2D eigenvalue weighted by Crippen LogP contribution is -2.31. The van der Waals surface area contributed by atoms with Crippen molar-refractivity contribution in [3.8, 4) is 28.7 Å². The second-order valence-electron chi connectivity index (χ2n) is 7.34. The first-order valence-electron chi connectivity index (χ1n) is 9.82. The van der Waals surface area contributed by atoms with Crippen LogP contribution in [0, 0.1) is 0 Å². The average molecular weight is 401 g/mol. The van der Waals surface area contributed by atoms with Crippen molar-refractivity contribution < 1.29 is 28.8 Å². The number of aromatic hydroxyl groups is 1. The number of benzene rings is 2. The molecule has 4 rings (SSSR count). The Kier molecular flexibility index (Phi) is 5.97. The standard InChI is InChI=1S/C22H27NO6/c1-25-20-9-16(10-21(26-2)22(20)24)12-23(13-17-4-3-7-27-17)11-15-5-6-18-19(8-15)29-14-28-18/h5-6,8-10,17,24H,3-4,7,11-14H2,1-2H3. The number of phenols is 1. The van der Waals surface area contributed by atoms with Crippen LogP contribution in [0.2, 0.25) is 0 Å². The summed E-state index contributed by atoms with van der Waals surface area (Å²) in [5, 5.41) is 10.2. The summed E-state index contributed by atoms with van der Waals surface area (Å²) in [6.07, 6.45) is 2.40. The molecule has 1 fully saturated rings. The molecule has 1 N–H and O–H groups in total. The predicted octanol–water partition coefficient (Wildman–Crippen LogP) is 3.32. The van der Waals surface area contributed by atoms with Crippen molar-refractivity contribution >= 4 is 0 Å². The van der Waals surface area contributed by atoms with Crippen LogP contribution in [0.15, 0.2) is 30.3 Å². The van der Waals surface area contributed by atoms with E-state index in [4.69, 9.17) is 23.7 Å². The summed E-state index contributed by atoms with van der Waals surface area (Å²) < 4.78 is 27.4. The Morgan fingerprint density at radius 2 is 1.72 bits per heavy atom. The zero-order valence-electron chi connectivity index (χ0n) is 16.8. The molecular formula is C22H27NO6. The van der Waals surface area contributed by atoms with E-state index in [1.54, 1.807) is 0 Å². The lowest BCUT2D eigenvalue weighted by molar-refractivity contribution is 0.0678. The Bertz CT molecular complexity index is 824. The highest BCUT2D eigenvalue weighted by atomic mass is 16.7. The number of fused-ring (bicyclic) bond motifs is 1. The molecule has 1 atom stereocenters. The van der Waals surface area contributed by atoms with Gasteiger partial charge in [0.25, 0.3) is 0 Å². The normalized spacial score (nSPS) is 17.7. The van der Waals surface area contributed by atoms with Crippen molar-refractivity contribution in [3.63, 3.8) is 0 Å². The molecule has 0 amide bonds. The van der Waals surface area contributed by atoms with Gasteiger partial charge in [-0.25, -0.2) is 0 Å². The zero-order chi connectivity index (χ0) is 20.2. The Hall–Kier alpha value is -2.64. The SMILES string of the molecule is COc1cc(CN(Cc2ccc3c(c2)OCO3)CC2CCCO2)cc(OC)c1O. The molecule has 1 saturated heterocycles. The number of nitrogens with zero attached hydrogens (tertiary/aromatic N) is 1. The van der Waals surface area contributed by atoms with Crippen LogP contribution in [0.5, 0.6) is 28.7 Å². The van der Waals surface area contributed by atoms with Crippen LogP contribution in [-0.4, -0.2) is 50.3 Å². The summed E-state index contributed by atoms with van der Waals surface area (Å²) in [7, 11) is 3.07. The average Bonchev–Trinajstić information content (AvgIpc) is 3.40. The molecule has 0 saturated carbocycles. The molecule has 0 bridgehead atoms. The van der Waals surface area contributed by atoms with Crippen molar-refractivity contribution in [2.24, 2.45) is 0 Å². The van der Waals surface area contributed by atoms with E-state index in [1.807, 2.05) is 24.3 Å². The molecule has 1 unspecified atom stereocenters. The summed E-state index contributed by atoms with van der Waals surface area (Å²) in [5.41, 5.74) is 2.14. The fourth-order valence-corrected chi connectivity index (χ4v) is 3.86.